The quantitative estimate of drug-likeness (QED) is 0.872. The van der Waals surface area contributed by atoms with Crippen molar-refractivity contribution in [1.82, 2.24) is 5.32 Å². The molecule has 1 aliphatic rings. The third kappa shape index (κ3) is 5.06. The van der Waals surface area contributed by atoms with Crippen LogP contribution in [0.1, 0.15) is 25.7 Å². The smallest absolute Gasteiger partial charge is 0.258 e. The molecular weight excluding hydrogens is 311 g/mol. The van der Waals surface area contributed by atoms with Crippen LogP contribution in [0.25, 0.3) is 0 Å². The van der Waals surface area contributed by atoms with E-state index < -0.39 is 0 Å². The van der Waals surface area contributed by atoms with Gasteiger partial charge in [0.15, 0.2) is 6.61 Å². The molecule has 1 amide bonds. The van der Waals surface area contributed by atoms with Gasteiger partial charge in [-0.15, -0.1) is 0 Å². The number of nitrogens with one attached hydrogen (secondary N) is 1. The van der Waals surface area contributed by atoms with Gasteiger partial charge in [-0.1, -0.05) is 36.0 Å². The molecule has 0 bridgehead atoms. The number of ether oxygens (including phenoxy) is 1. The molecular formula is C15H20Cl2N2O2. The highest BCUT2D eigenvalue weighted by Crippen LogP contribution is 2.25. The van der Waals surface area contributed by atoms with Crippen molar-refractivity contribution < 1.29 is 9.53 Å². The molecule has 1 fully saturated rings. The third-order valence-electron chi connectivity index (χ3n) is 3.76. The number of halogens is 2. The molecule has 3 N–H and O–H groups in total. The van der Waals surface area contributed by atoms with E-state index in [9.17, 15) is 4.79 Å². The molecule has 1 aromatic carbocycles. The van der Waals surface area contributed by atoms with Crippen molar-refractivity contribution >= 4 is 29.1 Å². The number of hydrogen-bond acceptors (Lipinski definition) is 3. The second-order valence-electron chi connectivity index (χ2n) is 5.35. The van der Waals surface area contributed by atoms with Gasteiger partial charge in [0.1, 0.15) is 5.75 Å². The van der Waals surface area contributed by atoms with E-state index >= 15 is 0 Å². The molecule has 0 saturated heterocycles. The van der Waals surface area contributed by atoms with Gasteiger partial charge >= 0.3 is 0 Å². The van der Waals surface area contributed by atoms with Crippen LogP contribution in [0.4, 0.5) is 0 Å². The fourth-order valence-corrected chi connectivity index (χ4v) is 3.20. The second kappa shape index (κ2) is 7.87. The van der Waals surface area contributed by atoms with E-state index in [0.717, 1.165) is 19.3 Å². The van der Waals surface area contributed by atoms with Crippen LogP contribution in [-0.2, 0) is 4.79 Å². The van der Waals surface area contributed by atoms with E-state index in [4.69, 9.17) is 33.7 Å². The number of carbonyl (C=O) groups is 1. The summed E-state index contributed by atoms with van der Waals surface area (Å²) in [6.07, 6.45) is 4.38. The summed E-state index contributed by atoms with van der Waals surface area (Å²) >= 11 is 11.8. The largest absolute Gasteiger partial charge is 0.484 e. The van der Waals surface area contributed by atoms with E-state index in [-0.39, 0.29) is 18.6 Å². The summed E-state index contributed by atoms with van der Waals surface area (Å²) in [6, 6.07) is 5.03. The Balaban J connectivity index is 1.84. The second-order valence-corrected chi connectivity index (χ2v) is 6.22. The van der Waals surface area contributed by atoms with Crippen LogP contribution in [-0.4, -0.2) is 25.1 Å². The Morgan fingerprint density at radius 3 is 2.57 bits per heavy atom. The summed E-state index contributed by atoms with van der Waals surface area (Å²) in [5.74, 6) is 0.710. The van der Waals surface area contributed by atoms with Crippen LogP contribution in [0, 0.1) is 5.92 Å². The standard InChI is InChI=1S/C15H20Cl2N2O2/c16-11-5-12(17)7-13(6-11)21-9-15(20)19-14-4-2-1-3-10(14)8-18/h5-7,10,14H,1-4,8-9,18H2,(H,19,20). The molecule has 1 aliphatic carbocycles. The number of carbonyl (C=O) groups excluding carboxylic acids is 1. The fraction of sp³-hybridized carbons (Fsp3) is 0.533. The topological polar surface area (TPSA) is 64.3 Å². The van der Waals surface area contributed by atoms with E-state index in [2.05, 4.69) is 5.32 Å². The molecule has 2 unspecified atom stereocenters. The zero-order valence-corrected chi connectivity index (χ0v) is 13.3. The van der Waals surface area contributed by atoms with E-state index in [1.807, 2.05) is 0 Å². The summed E-state index contributed by atoms with van der Waals surface area (Å²) in [6.45, 7) is 0.556. The van der Waals surface area contributed by atoms with Gasteiger partial charge < -0.3 is 15.8 Å². The van der Waals surface area contributed by atoms with Gasteiger partial charge in [-0.05, 0) is 43.5 Å². The molecule has 0 heterocycles. The number of amides is 1. The fourth-order valence-electron chi connectivity index (χ4n) is 2.69. The Hall–Kier alpha value is -0.970. The van der Waals surface area contributed by atoms with Gasteiger partial charge in [-0.3, -0.25) is 4.79 Å². The Labute approximate surface area is 134 Å². The monoisotopic (exact) mass is 330 g/mol. The van der Waals surface area contributed by atoms with Crippen molar-refractivity contribution in [3.05, 3.63) is 28.2 Å². The van der Waals surface area contributed by atoms with Crippen molar-refractivity contribution in [2.75, 3.05) is 13.2 Å². The minimum atomic E-state index is -0.142. The maximum absolute atomic E-state index is 12.0. The van der Waals surface area contributed by atoms with Gasteiger partial charge in [0.25, 0.3) is 5.91 Å². The lowest BCUT2D eigenvalue weighted by molar-refractivity contribution is -0.124. The van der Waals surface area contributed by atoms with Crippen LogP contribution >= 0.6 is 23.2 Å². The molecule has 0 aromatic heterocycles. The molecule has 0 spiro atoms. The van der Waals surface area contributed by atoms with Gasteiger partial charge in [-0.25, -0.2) is 0 Å². The van der Waals surface area contributed by atoms with Gasteiger partial charge in [-0.2, -0.15) is 0 Å². The highest BCUT2D eigenvalue weighted by Gasteiger charge is 2.25. The Morgan fingerprint density at radius 1 is 1.24 bits per heavy atom. The Kier molecular flexibility index (Phi) is 6.15. The van der Waals surface area contributed by atoms with Crippen molar-refractivity contribution in [3.8, 4) is 5.75 Å². The van der Waals surface area contributed by atoms with Gasteiger partial charge in [0.2, 0.25) is 0 Å². The highest BCUT2D eigenvalue weighted by molar-refractivity contribution is 6.34. The van der Waals surface area contributed by atoms with Crippen molar-refractivity contribution in [2.45, 2.75) is 31.7 Å². The lowest BCUT2D eigenvalue weighted by Crippen LogP contribution is -2.46. The number of nitrogens with two attached hydrogens (primary N) is 1. The SMILES string of the molecule is NCC1CCCCC1NC(=O)COc1cc(Cl)cc(Cl)c1. The van der Waals surface area contributed by atoms with Crippen LogP contribution in [0.5, 0.6) is 5.75 Å². The van der Waals surface area contributed by atoms with Gasteiger partial charge in [0.05, 0.1) is 0 Å². The lowest BCUT2D eigenvalue weighted by atomic mass is 9.84. The molecule has 0 aliphatic heterocycles. The van der Waals surface area contributed by atoms with Gasteiger partial charge in [0, 0.05) is 16.1 Å². The van der Waals surface area contributed by atoms with Crippen LogP contribution < -0.4 is 15.8 Å². The predicted octanol–water partition coefficient (Wildman–Crippen LogP) is 3.01. The van der Waals surface area contributed by atoms with Crippen molar-refractivity contribution in [2.24, 2.45) is 11.7 Å². The first kappa shape index (κ1) is 16.4. The number of benzene rings is 1. The molecule has 21 heavy (non-hydrogen) atoms. The first-order chi connectivity index (χ1) is 10.1. The van der Waals surface area contributed by atoms with Crippen LogP contribution in [0.3, 0.4) is 0 Å². The molecule has 6 heteroatoms. The Bertz CT molecular complexity index is 476. The highest BCUT2D eigenvalue weighted by atomic mass is 35.5. The normalized spacial score (nSPS) is 21.9. The van der Waals surface area contributed by atoms with Crippen LogP contribution in [0.15, 0.2) is 18.2 Å². The first-order valence-electron chi connectivity index (χ1n) is 7.17. The number of rotatable bonds is 5. The average molecular weight is 331 g/mol. The minimum absolute atomic E-state index is 0.0511. The van der Waals surface area contributed by atoms with Crippen LogP contribution in [0.2, 0.25) is 10.0 Å². The summed E-state index contributed by atoms with van der Waals surface area (Å²) in [5, 5.41) is 3.97. The Morgan fingerprint density at radius 2 is 1.90 bits per heavy atom. The van der Waals surface area contributed by atoms with Crippen molar-refractivity contribution in [3.63, 3.8) is 0 Å². The molecule has 2 rings (SSSR count). The zero-order valence-electron chi connectivity index (χ0n) is 11.8. The summed E-state index contributed by atoms with van der Waals surface area (Å²) in [5.41, 5.74) is 5.76. The summed E-state index contributed by atoms with van der Waals surface area (Å²) in [7, 11) is 0. The molecule has 2 atom stereocenters. The molecule has 116 valence electrons. The number of hydrogen-bond donors (Lipinski definition) is 2. The minimum Gasteiger partial charge on any atom is -0.484 e. The lowest BCUT2D eigenvalue weighted by Gasteiger charge is -2.31. The third-order valence-corrected chi connectivity index (χ3v) is 4.20. The first-order valence-corrected chi connectivity index (χ1v) is 7.92. The molecule has 4 nitrogen and oxygen atoms in total. The molecule has 1 aromatic rings. The maximum atomic E-state index is 12.0. The summed E-state index contributed by atoms with van der Waals surface area (Å²) < 4.78 is 5.43. The van der Waals surface area contributed by atoms with E-state index in [1.165, 1.54) is 6.42 Å². The predicted molar refractivity (Wildman–Crippen MR) is 84.9 cm³/mol. The van der Waals surface area contributed by atoms with E-state index in [0.29, 0.717) is 28.3 Å². The average Bonchev–Trinajstić information content (AvgIpc) is 2.45. The van der Waals surface area contributed by atoms with Crippen molar-refractivity contribution in [1.29, 1.82) is 0 Å². The molecule has 1 saturated carbocycles. The van der Waals surface area contributed by atoms with E-state index in [1.54, 1.807) is 18.2 Å². The molecule has 0 radical (unpaired) electrons. The zero-order chi connectivity index (χ0) is 15.2. The maximum Gasteiger partial charge on any atom is 0.258 e. The summed E-state index contributed by atoms with van der Waals surface area (Å²) in [4.78, 5) is 12.0.